The molecule has 0 amide bonds. The van der Waals surface area contributed by atoms with Crippen LogP contribution in [-0.2, 0) is 16.4 Å². The number of anilines is 1. The van der Waals surface area contributed by atoms with E-state index in [0.717, 1.165) is 10.4 Å². The first kappa shape index (κ1) is 18.3. The van der Waals surface area contributed by atoms with Crippen molar-refractivity contribution in [1.29, 1.82) is 0 Å². The number of halogens is 4. The molecule has 1 fully saturated rings. The summed E-state index contributed by atoms with van der Waals surface area (Å²) in [6, 6.07) is 3.72. The smallest absolute Gasteiger partial charge is 0.369 e. The normalized spacial score (nSPS) is 17.8. The van der Waals surface area contributed by atoms with Crippen LogP contribution in [0.15, 0.2) is 18.2 Å². The van der Waals surface area contributed by atoms with E-state index in [1.807, 2.05) is 0 Å². The van der Waals surface area contributed by atoms with Crippen molar-refractivity contribution in [3.05, 3.63) is 28.8 Å². The van der Waals surface area contributed by atoms with Gasteiger partial charge in [0.2, 0.25) is 0 Å². The minimum atomic E-state index is -4.52. The quantitative estimate of drug-likeness (QED) is 0.818. The molecule has 1 aromatic rings. The second-order valence-electron chi connectivity index (χ2n) is 5.34. The van der Waals surface area contributed by atoms with Gasteiger partial charge in [0.1, 0.15) is 0 Å². The SMILES string of the molecule is CN(C)S(=O)(=O)N1CCN(c2ccc(Cl)c(C(F)(F)F)c2)CC1. The number of alkyl halides is 3. The van der Waals surface area contributed by atoms with Crippen LogP contribution in [0.2, 0.25) is 5.02 Å². The van der Waals surface area contributed by atoms with Crippen LogP contribution in [0.4, 0.5) is 18.9 Å². The monoisotopic (exact) mass is 371 g/mol. The van der Waals surface area contributed by atoms with Gasteiger partial charge in [-0.1, -0.05) is 11.6 Å². The second kappa shape index (κ2) is 6.46. The van der Waals surface area contributed by atoms with E-state index in [4.69, 9.17) is 11.6 Å². The van der Waals surface area contributed by atoms with Gasteiger partial charge >= 0.3 is 6.18 Å². The van der Waals surface area contributed by atoms with Gasteiger partial charge in [-0.05, 0) is 18.2 Å². The van der Waals surface area contributed by atoms with E-state index in [1.165, 1.54) is 30.5 Å². The van der Waals surface area contributed by atoms with E-state index < -0.39 is 21.9 Å². The third kappa shape index (κ3) is 3.90. The van der Waals surface area contributed by atoms with Crippen LogP contribution < -0.4 is 4.90 Å². The molecule has 0 atom stereocenters. The Balaban J connectivity index is 2.15. The highest BCUT2D eigenvalue weighted by Crippen LogP contribution is 2.37. The fourth-order valence-electron chi connectivity index (χ4n) is 2.34. The molecule has 1 aliphatic heterocycles. The van der Waals surface area contributed by atoms with Gasteiger partial charge in [0.25, 0.3) is 10.2 Å². The summed E-state index contributed by atoms with van der Waals surface area (Å²) in [7, 11) is -0.623. The molecule has 2 rings (SSSR count). The molecule has 0 radical (unpaired) electrons. The van der Waals surface area contributed by atoms with Crippen molar-refractivity contribution < 1.29 is 21.6 Å². The lowest BCUT2D eigenvalue weighted by Crippen LogP contribution is -2.51. The molecule has 130 valence electrons. The fourth-order valence-corrected chi connectivity index (χ4v) is 3.65. The Morgan fingerprint density at radius 3 is 2.17 bits per heavy atom. The summed E-state index contributed by atoms with van der Waals surface area (Å²) in [6.45, 7) is 1.05. The molecule has 1 heterocycles. The maximum atomic E-state index is 12.9. The minimum absolute atomic E-state index is 0.213. The van der Waals surface area contributed by atoms with E-state index in [9.17, 15) is 21.6 Å². The summed E-state index contributed by atoms with van der Waals surface area (Å²) in [5.74, 6) is 0. The Hall–Kier alpha value is -1.03. The lowest BCUT2D eigenvalue weighted by atomic mass is 10.1. The average Bonchev–Trinajstić information content (AvgIpc) is 2.46. The van der Waals surface area contributed by atoms with Crippen LogP contribution in [0.25, 0.3) is 0 Å². The topological polar surface area (TPSA) is 43.9 Å². The Labute approximate surface area is 138 Å². The predicted octanol–water partition coefficient (Wildman–Crippen LogP) is 2.29. The lowest BCUT2D eigenvalue weighted by Gasteiger charge is -2.36. The number of benzene rings is 1. The van der Waals surface area contributed by atoms with Gasteiger partial charge in [-0.3, -0.25) is 0 Å². The Morgan fingerprint density at radius 2 is 1.70 bits per heavy atom. The van der Waals surface area contributed by atoms with Gasteiger partial charge in [-0.2, -0.15) is 30.2 Å². The molecule has 0 aliphatic carbocycles. The van der Waals surface area contributed by atoms with Crippen LogP contribution in [0.5, 0.6) is 0 Å². The van der Waals surface area contributed by atoms with E-state index in [2.05, 4.69) is 0 Å². The van der Waals surface area contributed by atoms with Gasteiger partial charge < -0.3 is 4.90 Å². The summed E-state index contributed by atoms with van der Waals surface area (Å²) in [5, 5.41) is -0.352. The molecule has 23 heavy (non-hydrogen) atoms. The Morgan fingerprint density at radius 1 is 1.13 bits per heavy atom. The number of hydrogen-bond acceptors (Lipinski definition) is 3. The number of piperazine rings is 1. The van der Waals surface area contributed by atoms with E-state index in [-0.39, 0.29) is 18.1 Å². The zero-order valence-corrected chi connectivity index (χ0v) is 14.2. The zero-order chi connectivity index (χ0) is 17.4. The molecule has 0 spiro atoms. The van der Waals surface area contributed by atoms with E-state index in [0.29, 0.717) is 18.8 Å². The predicted molar refractivity (Wildman–Crippen MR) is 82.8 cm³/mol. The van der Waals surface area contributed by atoms with Crippen LogP contribution in [0.1, 0.15) is 5.56 Å². The molecule has 0 bridgehead atoms. The van der Waals surface area contributed by atoms with Gasteiger partial charge in [0.05, 0.1) is 10.6 Å². The summed E-state index contributed by atoms with van der Waals surface area (Å²) in [6.07, 6.45) is -4.52. The largest absolute Gasteiger partial charge is 0.417 e. The maximum Gasteiger partial charge on any atom is 0.417 e. The molecule has 0 N–H and O–H groups in total. The zero-order valence-electron chi connectivity index (χ0n) is 12.6. The first-order valence-electron chi connectivity index (χ1n) is 6.83. The molecule has 5 nitrogen and oxygen atoms in total. The van der Waals surface area contributed by atoms with Crippen molar-refractivity contribution in [1.82, 2.24) is 8.61 Å². The molecule has 1 aliphatic rings. The van der Waals surface area contributed by atoms with Crippen molar-refractivity contribution in [2.45, 2.75) is 6.18 Å². The molecule has 0 saturated carbocycles. The van der Waals surface area contributed by atoms with Gasteiger partial charge in [-0.25, -0.2) is 0 Å². The van der Waals surface area contributed by atoms with Crippen LogP contribution >= 0.6 is 11.6 Å². The average molecular weight is 372 g/mol. The van der Waals surface area contributed by atoms with Gasteiger partial charge in [0.15, 0.2) is 0 Å². The molecule has 1 saturated heterocycles. The highest BCUT2D eigenvalue weighted by Gasteiger charge is 2.34. The van der Waals surface area contributed by atoms with Crippen molar-refractivity contribution >= 4 is 27.5 Å². The first-order valence-corrected chi connectivity index (χ1v) is 8.60. The highest BCUT2D eigenvalue weighted by atomic mass is 35.5. The van der Waals surface area contributed by atoms with Gasteiger partial charge in [-0.15, -0.1) is 0 Å². The summed E-state index contributed by atoms with van der Waals surface area (Å²) >= 11 is 5.61. The van der Waals surface area contributed by atoms with Crippen molar-refractivity contribution in [2.75, 3.05) is 45.2 Å². The number of hydrogen-bond donors (Lipinski definition) is 0. The molecule has 0 aromatic heterocycles. The molecule has 10 heteroatoms. The summed E-state index contributed by atoms with van der Waals surface area (Å²) < 4.78 is 65.2. The van der Waals surface area contributed by atoms with Crippen molar-refractivity contribution in [3.63, 3.8) is 0 Å². The van der Waals surface area contributed by atoms with Crippen molar-refractivity contribution in [2.24, 2.45) is 0 Å². The van der Waals surface area contributed by atoms with E-state index >= 15 is 0 Å². The third-order valence-electron chi connectivity index (χ3n) is 3.65. The maximum absolute atomic E-state index is 12.9. The Bertz CT molecular complexity index is 672. The van der Waals surface area contributed by atoms with Crippen molar-refractivity contribution in [3.8, 4) is 0 Å². The number of rotatable bonds is 3. The summed E-state index contributed by atoms with van der Waals surface area (Å²) in [4.78, 5) is 1.72. The van der Waals surface area contributed by atoms with Crippen LogP contribution in [-0.4, -0.2) is 57.3 Å². The first-order chi connectivity index (χ1) is 10.5. The molecule has 1 aromatic carbocycles. The standard InChI is InChI=1S/C13H17ClF3N3O2S/c1-18(2)23(21,22)20-7-5-19(6-8-20)10-3-4-12(14)11(9-10)13(15,16)17/h3-4,9H,5-8H2,1-2H3. The van der Waals surface area contributed by atoms with Gasteiger partial charge in [0, 0.05) is 46.0 Å². The minimum Gasteiger partial charge on any atom is -0.369 e. The fraction of sp³-hybridized carbons (Fsp3) is 0.538. The Kier molecular flexibility index (Phi) is 5.15. The third-order valence-corrected chi connectivity index (χ3v) is 5.92. The lowest BCUT2D eigenvalue weighted by molar-refractivity contribution is -0.137. The van der Waals surface area contributed by atoms with E-state index in [1.54, 1.807) is 4.90 Å². The summed E-state index contributed by atoms with van der Waals surface area (Å²) in [5.41, 5.74) is -0.511. The number of nitrogens with zero attached hydrogens (tertiary/aromatic N) is 3. The van der Waals surface area contributed by atoms with Crippen LogP contribution in [0, 0.1) is 0 Å². The molecular weight excluding hydrogens is 355 g/mol. The highest BCUT2D eigenvalue weighted by molar-refractivity contribution is 7.86. The molecule has 0 unspecified atom stereocenters. The molecular formula is C13H17ClF3N3O2S. The second-order valence-corrected chi connectivity index (χ2v) is 7.89. The van der Waals surface area contributed by atoms with Crippen LogP contribution in [0.3, 0.4) is 0 Å².